The number of halogens is 1. The zero-order valence-electron chi connectivity index (χ0n) is 13.4. The second kappa shape index (κ2) is 7.36. The van der Waals surface area contributed by atoms with Crippen LogP contribution >= 0.6 is 11.6 Å². The largest absolute Gasteiger partial charge is 0.449 e. The van der Waals surface area contributed by atoms with Crippen LogP contribution in [0.25, 0.3) is 11.1 Å². The Morgan fingerprint density at radius 1 is 1.28 bits per heavy atom. The highest BCUT2D eigenvalue weighted by molar-refractivity contribution is 6.33. The maximum absolute atomic E-state index is 12.4. The van der Waals surface area contributed by atoms with Crippen molar-refractivity contribution in [3.63, 3.8) is 0 Å². The van der Waals surface area contributed by atoms with Crippen LogP contribution in [0, 0.1) is 0 Å². The Morgan fingerprint density at radius 3 is 2.84 bits per heavy atom. The van der Waals surface area contributed by atoms with Crippen LogP contribution in [0.15, 0.2) is 53.3 Å². The maximum atomic E-state index is 12.4. The summed E-state index contributed by atoms with van der Waals surface area (Å²) in [6.07, 6.45) is 0.691. The molecule has 1 heterocycles. The van der Waals surface area contributed by atoms with Gasteiger partial charge in [-0.25, -0.2) is 9.78 Å². The van der Waals surface area contributed by atoms with E-state index in [-0.39, 0.29) is 0 Å². The number of anilines is 1. The topological polar surface area (TPSA) is 81.4 Å². The lowest BCUT2D eigenvalue weighted by Crippen LogP contribution is -2.32. The normalized spacial score (nSPS) is 11.9. The van der Waals surface area contributed by atoms with Gasteiger partial charge in [-0.2, -0.15) is 0 Å². The first-order valence-corrected chi connectivity index (χ1v) is 8.06. The highest BCUT2D eigenvalue weighted by atomic mass is 35.5. The first-order valence-electron chi connectivity index (χ1n) is 7.68. The van der Waals surface area contributed by atoms with Crippen LogP contribution in [-0.2, 0) is 9.53 Å². The van der Waals surface area contributed by atoms with Gasteiger partial charge in [-0.3, -0.25) is 4.79 Å². The molecule has 2 aromatic carbocycles. The number of amides is 1. The zero-order chi connectivity index (χ0) is 17.8. The van der Waals surface area contributed by atoms with Crippen LogP contribution in [0.3, 0.4) is 0 Å². The van der Waals surface area contributed by atoms with E-state index in [9.17, 15) is 9.59 Å². The Kier molecular flexibility index (Phi) is 5.00. The van der Waals surface area contributed by atoms with Crippen molar-refractivity contribution in [1.82, 2.24) is 4.98 Å². The van der Waals surface area contributed by atoms with Crippen molar-refractivity contribution < 1.29 is 18.7 Å². The number of benzene rings is 2. The first-order chi connectivity index (χ1) is 12.1. The van der Waals surface area contributed by atoms with Crippen LogP contribution < -0.4 is 5.32 Å². The minimum Gasteiger partial charge on any atom is -0.449 e. The van der Waals surface area contributed by atoms with Gasteiger partial charge in [0.1, 0.15) is 5.52 Å². The number of nitrogens with zero attached hydrogens (tertiary/aromatic N) is 1. The Bertz CT molecular complexity index is 922. The van der Waals surface area contributed by atoms with Crippen molar-refractivity contribution in [3.8, 4) is 0 Å². The number of carbonyl (C=O) groups excluding carboxylic acids is 2. The third-order valence-electron chi connectivity index (χ3n) is 3.61. The van der Waals surface area contributed by atoms with Crippen molar-refractivity contribution in [1.29, 1.82) is 0 Å². The molecule has 0 saturated heterocycles. The van der Waals surface area contributed by atoms with E-state index in [1.54, 1.807) is 49.4 Å². The van der Waals surface area contributed by atoms with Crippen LogP contribution in [0.2, 0.25) is 5.02 Å². The molecule has 0 aliphatic carbocycles. The summed E-state index contributed by atoms with van der Waals surface area (Å²) in [5.74, 6) is -1.04. The SMILES string of the molecule is CCC(OC(=O)c1ccc2ocnc2c1)C(=O)Nc1ccccc1Cl. The molecular formula is C18H15ClN2O4. The molecule has 1 aromatic heterocycles. The van der Waals surface area contributed by atoms with Gasteiger partial charge in [0, 0.05) is 0 Å². The van der Waals surface area contributed by atoms with E-state index >= 15 is 0 Å². The van der Waals surface area contributed by atoms with Crippen LogP contribution in [0.5, 0.6) is 0 Å². The lowest BCUT2D eigenvalue weighted by molar-refractivity contribution is -0.124. The van der Waals surface area contributed by atoms with Gasteiger partial charge in [-0.1, -0.05) is 30.7 Å². The van der Waals surface area contributed by atoms with Crippen molar-refractivity contribution >= 4 is 40.3 Å². The van der Waals surface area contributed by atoms with E-state index in [1.807, 2.05) is 0 Å². The summed E-state index contributed by atoms with van der Waals surface area (Å²) in [5.41, 5.74) is 1.88. The molecule has 7 heteroatoms. The average molecular weight is 359 g/mol. The minimum atomic E-state index is -0.934. The predicted octanol–water partition coefficient (Wildman–Crippen LogP) is 4.06. The van der Waals surface area contributed by atoms with Crippen molar-refractivity contribution in [2.75, 3.05) is 5.32 Å². The number of aromatic nitrogens is 1. The lowest BCUT2D eigenvalue weighted by atomic mass is 10.2. The smallest absolute Gasteiger partial charge is 0.338 e. The number of para-hydroxylation sites is 1. The van der Waals surface area contributed by atoms with Crippen molar-refractivity contribution in [2.24, 2.45) is 0 Å². The molecule has 0 aliphatic rings. The molecule has 0 spiro atoms. The van der Waals surface area contributed by atoms with Gasteiger partial charge >= 0.3 is 5.97 Å². The third kappa shape index (κ3) is 3.80. The van der Waals surface area contributed by atoms with Gasteiger partial charge in [0.05, 0.1) is 16.3 Å². The maximum Gasteiger partial charge on any atom is 0.338 e. The van der Waals surface area contributed by atoms with Gasteiger partial charge in [0.15, 0.2) is 18.1 Å². The van der Waals surface area contributed by atoms with Gasteiger partial charge in [0.2, 0.25) is 0 Å². The van der Waals surface area contributed by atoms with Gasteiger partial charge < -0.3 is 14.5 Å². The van der Waals surface area contributed by atoms with Crippen LogP contribution in [0.1, 0.15) is 23.7 Å². The summed E-state index contributed by atoms with van der Waals surface area (Å²) in [6, 6.07) is 11.6. The zero-order valence-corrected chi connectivity index (χ0v) is 14.1. The molecule has 1 unspecified atom stereocenters. The lowest BCUT2D eigenvalue weighted by Gasteiger charge is -2.16. The van der Waals surface area contributed by atoms with Gasteiger partial charge in [-0.15, -0.1) is 0 Å². The van der Waals surface area contributed by atoms with E-state index in [0.29, 0.717) is 33.8 Å². The highest BCUT2D eigenvalue weighted by Crippen LogP contribution is 2.21. The fourth-order valence-corrected chi connectivity index (χ4v) is 2.46. The molecule has 0 aliphatic heterocycles. The molecule has 1 N–H and O–H groups in total. The number of esters is 1. The summed E-state index contributed by atoms with van der Waals surface area (Å²) >= 11 is 6.02. The monoisotopic (exact) mass is 358 g/mol. The molecule has 128 valence electrons. The summed E-state index contributed by atoms with van der Waals surface area (Å²) in [6.45, 7) is 1.75. The second-order valence-electron chi connectivity index (χ2n) is 5.31. The van der Waals surface area contributed by atoms with Crippen molar-refractivity contribution in [3.05, 3.63) is 59.4 Å². The molecule has 25 heavy (non-hydrogen) atoms. The quantitative estimate of drug-likeness (QED) is 0.696. The molecule has 3 aromatic rings. The Balaban J connectivity index is 1.71. The van der Waals surface area contributed by atoms with E-state index in [4.69, 9.17) is 20.8 Å². The number of nitrogens with one attached hydrogen (secondary N) is 1. The Hall–Kier alpha value is -2.86. The highest BCUT2D eigenvalue weighted by Gasteiger charge is 2.23. The summed E-state index contributed by atoms with van der Waals surface area (Å²) < 4.78 is 10.5. The van der Waals surface area contributed by atoms with Crippen LogP contribution in [-0.4, -0.2) is 23.0 Å². The number of ether oxygens (including phenoxy) is 1. The first kappa shape index (κ1) is 17.0. The molecule has 1 atom stereocenters. The van der Waals surface area contributed by atoms with E-state index in [1.165, 1.54) is 6.39 Å². The molecule has 6 nitrogen and oxygen atoms in total. The minimum absolute atomic E-state index is 0.297. The number of hydrogen-bond acceptors (Lipinski definition) is 5. The Morgan fingerprint density at radius 2 is 2.08 bits per heavy atom. The molecule has 3 rings (SSSR count). The average Bonchev–Trinajstić information content (AvgIpc) is 3.09. The number of rotatable bonds is 5. The van der Waals surface area contributed by atoms with Gasteiger partial charge in [-0.05, 0) is 36.8 Å². The van der Waals surface area contributed by atoms with Crippen LogP contribution in [0.4, 0.5) is 5.69 Å². The molecule has 1 amide bonds. The number of fused-ring (bicyclic) bond motifs is 1. The summed E-state index contributed by atoms with van der Waals surface area (Å²) in [4.78, 5) is 28.7. The molecular weight excluding hydrogens is 344 g/mol. The van der Waals surface area contributed by atoms with Crippen molar-refractivity contribution in [2.45, 2.75) is 19.4 Å². The fraction of sp³-hybridized carbons (Fsp3) is 0.167. The standard InChI is InChI=1S/C18H15ClN2O4/c1-2-15(17(22)21-13-6-4-3-5-12(13)19)25-18(23)11-7-8-16-14(9-11)20-10-24-16/h3-10,15H,2H2,1H3,(H,21,22). The molecule has 0 bridgehead atoms. The molecule has 0 fully saturated rings. The Labute approximate surface area is 148 Å². The third-order valence-corrected chi connectivity index (χ3v) is 3.94. The second-order valence-corrected chi connectivity index (χ2v) is 5.71. The van der Waals surface area contributed by atoms with E-state index in [0.717, 1.165) is 0 Å². The van der Waals surface area contributed by atoms with E-state index in [2.05, 4.69) is 10.3 Å². The predicted molar refractivity (Wildman–Crippen MR) is 93.6 cm³/mol. The number of carbonyl (C=O) groups is 2. The number of hydrogen-bond donors (Lipinski definition) is 1. The fourth-order valence-electron chi connectivity index (χ4n) is 2.28. The summed E-state index contributed by atoms with van der Waals surface area (Å²) in [7, 11) is 0. The number of oxazole rings is 1. The molecule has 0 radical (unpaired) electrons. The summed E-state index contributed by atoms with van der Waals surface area (Å²) in [5, 5.41) is 3.08. The van der Waals surface area contributed by atoms with Gasteiger partial charge in [0.25, 0.3) is 5.91 Å². The van der Waals surface area contributed by atoms with E-state index < -0.39 is 18.0 Å². The molecule has 0 saturated carbocycles.